The SMILES string of the molecule is O=[N+]([O-])c1cnc(F)cc1OCC(F)(F)F. The molecule has 0 aliphatic heterocycles. The maximum Gasteiger partial charge on any atom is 0.422 e. The number of aromatic nitrogens is 1. The van der Waals surface area contributed by atoms with E-state index in [0.29, 0.717) is 12.3 Å². The van der Waals surface area contributed by atoms with E-state index in [9.17, 15) is 27.7 Å². The minimum Gasteiger partial charge on any atom is -0.477 e. The van der Waals surface area contributed by atoms with Gasteiger partial charge in [-0.15, -0.1) is 0 Å². The summed E-state index contributed by atoms with van der Waals surface area (Å²) in [7, 11) is 0. The Bertz CT molecular complexity index is 407. The molecule has 0 fully saturated rings. The Hall–Kier alpha value is -1.93. The predicted molar refractivity (Wildman–Crippen MR) is 42.4 cm³/mol. The molecule has 0 atom stereocenters. The van der Waals surface area contributed by atoms with Crippen LogP contribution >= 0.6 is 0 Å². The van der Waals surface area contributed by atoms with Crippen LogP contribution in [0.25, 0.3) is 0 Å². The summed E-state index contributed by atoms with van der Waals surface area (Å²) >= 11 is 0. The Morgan fingerprint density at radius 2 is 2.12 bits per heavy atom. The molecule has 0 bridgehead atoms. The maximum atomic E-state index is 12.5. The van der Waals surface area contributed by atoms with Crippen molar-refractivity contribution in [1.29, 1.82) is 0 Å². The van der Waals surface area contributed by atoms with Gasteiger partial charge in [-0.3, -0.25) is 10.1 Å². The summed E-state index contributed by atoms with van der Waals surface area (Å²) in [6.45, 7) is -1.74. The lowest BCUT2D eigenvalue weighted by atomic mass is 10.4. The molecule has 1 rings (SSSR count). The Morgan fingerprint density at radius 1 is 1.50 bits per heavy atom. The lowest BCUT2D eigenvalue weighted by molar-refractivity contribution is -0.386. The van der Waals surface area contributed by atoms with Gasteiger partial charge in [0.25, 0.3) is 0 Å². The highest BCUT2D eigenvalue weighted by Gasteiger charge is 2.30. The molecule has 1 aromatic rings. The third-order valence-corrected chi connectivity index (χ3v) is 1.40. The van der Waals surface area contributed by atoms with E-state index in [0.717, 1.165) is 0 Å². The molecule has 1 aromatic heterocycles. The van der Waals surface area contributed by atoms with Gasteiger partial charge in [-0.1, -0.05) is 0 Å². The highest BCUT2D eigenvalue weighted by atomic mass is 19.4. The molecule has 0 spiro atoms. The monoisotopic (exact) mass is 240 g/mol. The third-order valence-electron chi connectivity index (χ3n) is 1.40. The topological polar surface area (TPSA) is 65.3 Å². The molecule has 16 heavy (non-hydrogen) atoms. The van der Waals surface area contributed by atoms with Crippen LogP contribution in [0.2, 0.25) is 0 Å². The lowest BCUT2D eigenvalue weighted by Crippen LogP contribution is -2.19. The molecular weight excluding hydrogens is 236 g/mol. The molecule has 88 valence electrons. The minimum atomic E-state index is -4.66. The molecule has 0 amide bonds. The van der Waals surface area contributed by atoms with Crippen LogP contribution in [0.1, 0.15) is 0 Å². The zero-order chi connectivity index (χ0) is 12.3. The number of rotatable bonds is 3. The highest BCUT2D eigenvalue weighted by molar-refractivity contribution is 5.43. The van der Waals surface area contributed by atoms with Gasteiger partial charge in [0.2, 0.25) is 11.7 Å². The summed E-state index contributed by atoms with van der Waals surface area (Å²) in [4.78, 5) is 12.3. The molecule has 1 heterocycles. The number of nitro groups is 1. The van der Waals surface area contributed by atoms with Gasteiger partial charge >= 0.3 is 11.9 Å². The van der Waals surface area contributed by atoms with E-state index < -0.39 is 35.1 Å². The van der Waals surface area contributed by atoms with Gasteiger partial charge in [0, 0.05) is 6.07 Å². The van der Waals surface area contributed by atoms with E-state index in [2.05, 4.69) is 9.72 Å². The molecule has 0 aliphatic rings. The Labute approximate surface area is 85.8 Å². The molecule has 0 unspecified atom stereocenters. The van der Waals surface area contributed by atoms with Crippen molar-refractivity contribution in [3.63, 3.8) is 0 Å². The summed E-state index contributed by atoms with van der Waals surface area (Å²) in [5.41, 5.74) is -0.828. The molecule has 0 radical (unpaired) electrons. The second-order valence-electron chi connectivity index (χ2n) is 2.64. The fraction of sp³-hybridized carbons (Fsp3) is 0.286. The Morgan fingerprint density at radius 3 is 2.62 bits per heavy atom. The van der Waals surface area contributed by atoms with E-state index in [4.69, 9.17) is 0 Å². The van der Waals surface area contributed by atoms with Gasteiger partial charge < -0.3 is 4.74 Å². The summed E-state index contributed by atoms with van der Waals surface area (Å²) in [5, 5.41) is 10.3. The number of hydrogen-bond donors (Lipinski definition) is 0. The number of ether oxygens (including phenoxy) is 1. The van der Waals surface area contributed by atoms with Crippen molar-refractivity contribution < 1.29 is 27.2 Å². The van der Waals surface area contributed by atoms with E-state index in [1.54, 1.807) is 0 Å². The number of alkyl halides is 3. The van der Waals surface area contributed by atoms with Crippen molar-refractivity contribution in [1.82, 2.24) is 4.98 Å². The molecular formula is C7H4F4N2O3. The molecule has 0 saturated heterocycles. The molecule has 0 N–H and O–H groups in total. The first kappa shape index (κ1) is 12.1. The fourth-order valence-electron chi connectivity index (χ4n) is 0.818. The van der Waals surface area contributed by atoms with E-state index in [1.165, 1.54) is 0 Å². The summed E-state index contributed by atoms with van der Waals surface area (Å²) in [6, 6.07) is 0.421. The van der Waals surface area contributed by atoms with Crippen molar-refractivity contribution in [2.45, 2.75) is 6.18 Å². The summed E-state index contributed by atoms with van der Waals surface area (Å²) < 4.78 is 51.9. The maximum absolute atomic E-state index is 12.5. The number of pyridine rings is 1. The standard InChI is InChI=1S/C7H4F4N2O3/c8-6-1-5(16-3-7(9,10)11)4(2-12-6)13(14)15/h1-2H,3H2. The van der Waals surface area contributed by atoms with Gasteiger partial charge in [0.05, 0.1) is 4.92 Å². The predicted octanol–water partition coefficient (Wildman–Crippen LogP) is 2.07. The second-order valence-corrected chi connectivity index (χ2v) is 2.64. The Balaban J connectivity index is 2.93. The van der Waals surface area contributed by atoms with Crippen LogP contribution in [0.15, 0.2) is 12.3 Å². The average Bonchev–Trinajstić information content (AvgIpc) is 2.13. The first-order chi connectivity index (χ1) is 7.29. The average molecular weight is 240 g/mol. The van der Waals surface area contributed by atoms with Gasteiger partial charge in [0.1, 0.15) is 6.20 Å². The van der Waals surface area contributed by atoms with Crippen LogP contribution in [-0.4, -0.2) is 22.7 Å². The fourth-order valence-corrected chi connectivity index (χ4v) is 0.818. The molecule has 0 saturated carbocycles. The largest absolute Gasteiger partial charge is 0.477 e. The van der Waals surface area contributed by atoms with Crippen molar-refractivity contribution in [3.05, 3.63) is 28.3 Å². The number of halogens is 4. The van der Waals surface area contributed by atoms with E-state index >= 15 is 0 Å². The number of hydrogen-bond acceptors (Lipinski definition) is 4. The normalized spacial score (nSPS) is 11.2. The van der Waals surface area contributed by atoms with Crippen LogP contribution < -0.4 is 4.74 Å². The molecule has 9 heteroatoms. The molecule has 0 aromatic carbocycles. The summed E-state index contributed by atoms with van der Waals surface area (Å²) in [5.74, 6) is -1.97. The van der Waals surface area contributed by atoms with Gasteiger partial charge in [-0.25, -0.2) is 4.98 Å². The van der Waals surface area contributed by atoms with Crippen LogP contribution in [0.5, 0.6) is 5.75 Å². The van der Waals surface area contributed by atoms with Crippen LogP contribution in [-0.2, 0) is 0 Å². The highest BCUT2D eigenvalue weighted by Crippen LogP contribution is 2.27. The van der Waals surface area contributed by atoms with Crippen molar-refractivity contribution in [3.8, 4) is 5.75 Å². The van der Waals surface area contributed by atoms with E-state index in [1.807, 2.05) is 0 Å². The summed E-state index contributed by atoms with van der Waals surface area (Å²) in [6.07, 6.45) is -4.17. The quantitative estimate of drug-likeness (QED) is 0.351. The number of nitrogens with zero attached hydrogens (tertiary/aromatic N) is 2. The lowest BCUT2D eigenvalue weighted by Gasteiger charge is -2.08. The smallest absolute Gasteiger partial charge is 0.422 e. The van der Waals surface area contributed by atoms with Gasteiger partial charge in [-0.2, -0.15) is 17.6 Å². The van der Waals surface area contributed by atoms with Crippen LogP contribution in [0.4, 0.5) is 23.2 Å². The van der Waals surface area contributed by atoms with Crippen LogP contribution in [0.3, 0.4) is 0 Å². The van der Waals surface area contributed by atoms with Crippen molar-refractivity contribution >= 4 is 5.69 Å². The van der Waals surface area contributed by atoms with E-state index in [-0.39, 0.29) is 0 Å². The van der Waals surface area contributed by atoms with Gasteiger partial charge in [0.15, 0.2) is 6.61 Å². The zero-order valence-electron chi connectivity index (χ0n) is 7.49. The molecule has 5 nitrogen and oxygen atoms in total. The van der Waals surface area contributed by atoms with Crippen molar-refractivity contribution in [2.24, 2.45) is 0 Å². The third kappa shape index (κ3) is 3.33. The zero-order valence-corrected chi connectivity index (χ0v) is 7.49. The van der Waals surface area contributed by atoms with Crippen molar-refractivity contribution in [2.75, 3.05) is 6.61 Å². The first-order valence-corrected chi connectivity index (χ1v) is 3.79. The molecule has 0 aliphatic carbocycles. The Kier molecular flexibility index (Phi) is 3.25. The van der Waals surface area contributed by atoms with Gasteiger partial charge in [-0.05, 0) is 0 Å². The first-order valence-electron chi connectivity index (χ1n) is 3.79. The second kappa shape index (κ2) is 4.29. The van der Waals surface area contributed by atoms with Crippen LogP contribution in [0, 0.1) is 16.1 Å². The minimum absolute atomic E-state index is 0.421.